The molecule has 19 heavy (non-hydrogen) atoms. The van der Waals surface area contributed by atoms with Crippen LogP contribution in [0.5, 0.6) is 0 Å². The van der Waals surface area contributed by atoms with Crippen molar-refractivity contribution in [2.24, 2.45) is 0 Å². The van der Waals surface area contributed by atoms with Gasteiger partial charge in [0, 0.05) is 16.3 Å². The molecule has 0 fully saturated rings. The topological polar surface area (TPSA) is 55.1 Å². The number of carbonyl (C=O) groups is 1. The van der Waals surface area contributed by atoms with Gasteiger partial charge in [0.2, 0.25) is 5.91 Å². The second kappa shape index (κ2) is 6.29. The van der Waals surface area contributed by atoms with Gasteiger partial charge in [0.05, 0.1) is 5.75 Å². The number of hydrogen-bond donors (Lipinski definition) is 2. The number of nitrogens with two attached hydrogens (primary N) is 1. The Hall–Kier alpha value is -1.94. The minimum Gasteiger partial charge on any atom is -0.399 e. The van der Waals surface area contributed by atoms with Crippen LogP contribution in [0, 0.1) is 6.92 Å². The van der Waals surface area contributed by atoms with Gasteiger partial charge < -0.3 is 11.1 Å². The molecular weight excluding hydrogens is 256 g/mol. The highest BCUT2D eigenvalue weighted by molar-refractivity contribution is 8.00. The number of carbonyl (C=O) groups excluding carboxylic acids is 1. The molecule has 0 bridgehead atoms. The Morgan fingerprint density at radius 2 is 1.95 bits per heavy atom. The highest BCUT2D eigenvalue weighted by atomic mass is 32.2. The molecule has 2 aromatic rings. The Labute approximate surface area is 117 Å². The molecule has 0 saturated carbocycles. The van der Waals surface area contributed by atoms with Crippen LogP contribution >= 0.6 is 11.8 Å². The van der Waals surface area contributed by atoms with Crippen LogP contribution in [0.1, 0.15) is 5.56 Å². The molecular formula is C15H16N2OS. The summed E-state index contributed by atoms with van der Waals surface area (Å²) in [6, 6.07) is 15.4. The number of hydrogen-bond acceptors (Lipinski definition) is 3. The molecule has 3 nitrogen and oxygen atoms in total. The molecule has 0 saturated heterocycles. The molecule has 0 spiro atoms. The van der Waals surface area contributed by atoms with E-state index < -0.39 is 0 Å². The third-order valence-corrected chi connectivity index (χ3v) is 3.66. The van der Waals surface area contributed by atoms with Crippen LogP contribution in [0.3, 0.4) is 0 Å². The van der Waals surface area contributed by atoms with Crippen LogP contribution in [0.2, 0.25) is 0 Å². The first-order chi connectivity index (χ1) is 9.15. The molecule has 1 amide bonds. The van der Waals surface area contributed by atoms with E-state index in [-0.39, 0.29) is 5.91 Å². The fourth-order valence-corrected chi connectivity index (χ4v) is 2.35. The third-order valence-electron chi connectivity index (χ3n) is 2.65. The van der Waals surface area contributed by atoms with Crippen molar-refractivity contribution in [3.05, 3.63) is 54.1 Å². The molecule has 98 valence electrons. The second-order valence-electron chi connectivity index (χ2n) is 4.22. The molecule has 0 aromatic heterocycles. The molecule has 0 aliphatic heterocycles. The molecule has 0 aliphatic rings. The number of amides is 1. The summed E-state index contributed by atoms with van der Waals surface area (Å²) in [6.07, 6.45) is 0. The Kier molecular flexibility index (Phi) is 4.47. The highest BCUT2D eigenvalue weighted by Gasteiger charge is 2.06. The van der Waals surface area contributed by atoms with Crippen LogP contribution in [-0.2, 0) is 4.79 Å². The highest BCUT2D eigenvalue weighted by Crippen LogP contribution is 2.20. The summed E-state index contributed by atoms with van der Waals surface area (Å²) in [6.45, 7) is 1.94. The predicted molar refractivity (Wildman–Crippen MR) is 81.4 cm³/mol. The van der Waals surface area contributed by atoms with E-state index in [9.17, 15) is 4.79 Å². The molecule has 0 radical (unpaired) electrons. The summed E-state index contributed by atoms with van der Waals surface area (Å²) in [4.78, 5) is 13.0. The van der Waals surface area contributed by atoms with Crippen molar-refractivity contribution in [1.29, 1.82) is 0 Å². The summed E-state index contributed by atoms with van der Waals surface area (Å²) in [7, 11) is 0. The molecule has 2 rings (SSSR count). The zero-order valence-electron chi connectivity index (χ0n) is 10.7. The largest absolute Gasteiger partial charge is 0.399 e. The van der Waals surface area contributed by atoms with E-state index in [0.717, 1.165) is 16.1 Å². The molecule has 0 unspecified atom stereocenters. The monoisotopic (exact) mass is 272 g/mol. The first-order valence-electron chi connectivity index (χ1n) is 5.99. The SMILES string of the molecule is Cc1ccc(N)cc1NC(=O)CSc1ccccc1. The molecule has 0 aliphatic carbocycles. The Bertz CT molecular complexity index is 570. The second-order valence-corrected chi connectivity index (χ2v) is 5.27. The number of aryl methyl sites for hydroxylation is 1. The van der Waals surface area contributed by atoms with Gasteiger partial charge in [-0.05, 0) is 36.8 Å². The van der Waals surface area contributed by atoms with Gasteiger partial charge in [0.15, 0.2) is 0 Å². The Morgan fingerprint density at radius 3 is 2.68 bits per heavy atom. The van der Waals surface area contributed by atoms with Gasteiger partial charge in [0.25, 0.3) is 0 Å². The van der Waals surface area contributed by atoms with E-state index >= 15 is 0 Å². The van der Waals surface area contributed by atoms with Crippen molar-refractivity contribution in [3.8, 4) is 0 Å². The van der Waals surface area contributed by atoms with Crippen LogP contribution in [0.25, 0.3) is 0 Å². The van der Waals surface area contributed by atoms with E-state index in [0.29, 0.717) is 11.4 Å². The Balaban J connectivity index is 1.93. The normalized spacial score (nSPS) is 10.2. The lowest BCUT2D eigenvalue weighted by molar-refractivity contribution is -0.113. The number of benzene rings is 2. The van der Waals surface area contributed by atoms with E-state index in [4.69, 9.17) is 5.73 Å². The summed E-state index contributed by atoms with van der Waals surface area (Å²) < 4.78 is 0. The van der Waals surface area contributed by atoms with Gasteiger partial charge >= 0.3 is 0 Å². The van der Waals surface area contributed by atoms with Gasteiger partial charge in [-0.25, -0.2) is 0 Å². The smallest absolute Gasteiger partial charge is 0.234 e. The van der Waals surface area contributed by atoms with Crippen LogP contribution in [0.15, 0.2) is 53.4 Å². The lowest BCUT2D eigenvalue weighted by Gasteiger charge is -2.09. The van der Waals surface area contributed by atoms with Crippen molar-refractivity contribution < 1.29 is 4.79 Å². The van der Waals surface area contributed by atoms with Gasteiger partial charge in [-0.15, -0.1) is 11.8 Å². The summed E-state index contributed by atoms with van der Waals surface area (Å²) in [5.74, 6) is 0.362. The molecule has 4 heteroatoms. The number of rotatable bonds is 4. The number of nitrogens with one attached hydrogen (secondary N) is 1. The zero-order valence-corrected chi connectivity index (χ0v) is 11.5. The Morgan fingerprint density at radius 1 is 1.21 bits per heavy atom. The zero-order chi connectivity index (χ0) is 13.7. The van der Waals surface area contributed by atoms with E-state index in [1.165, 1.54) is 11.8 Å². The first kappa shape index (κ1) is 13.5. The van der Waals surface area contributed by atoms with Gasteiger partial charge in [-0.1, -0.05) is 24.3 Å². The fraction of sp³-hybridized carbons (Fsp3) is 0.133. The standard InChI is InChI=1S/C15H16N2OS/c1-11-7-8-12(16)9-14(11)17-15(18)10-19-13-5-3-2-4-6-13/h2-9H,10,16H2,1H3,(H,17,18). The summed E-state index contributed by atoms with van der Waals surface area (Å²) in [5, 5.41) is 2.88. The van der Waals surface area contributed by atoms with Crippen molar-refractivity contribution >= 4 is 29.0 Å². The maximum Gasteiger partial charge on any atom is 0.234 e. The van der Waals surface area contributed by atoms with Crippen molar-refractivity contribution in [2.45, 2.75) is 11.8 Å². The third kappa shape index (κ3) is 4.03. The number of thioether (sulfide) groups is 1. The van der Waals surface area contributed by atoms with E-state index in [1.807, 2.05) is 49.4 Å². The minimum atomic E-state index is -0.0254. The minimum absolute atomic E-state index is 0.0254. The molecule has 2 aromatic carbocycles. The molecule has 0 atom stereocenters. The lowest BCUT2D eigenvalue weighted by atomic mass is 10.2. The van der Waals surface area contributed by atoms with E-state index in [2.05, 4.69) is 5.32 Å². The van der Waals surface area contributed by atoms with Gasteiger partial charge in [-0.3, -0.25) is 4.79 Å². The molecule has 3 N–H and O–H groups in total. The van der Waals surface area contributed by atoms with Crippen LogP contribution in [-0.4, -0.2) is 11.7 Å². The van der Waals surface area contributed by atoms with Crippen molar-refractivity contribution in [3.63, 3.8) is 0 Å². The summed E-state index contributed by atoms with van der Waals surface area (Å²) >= 11 is 1.51. The van der Waals surface area contributed by atoms with Crippen LogP contribution in [0.4, 0.5) is 11.4 Å². The van der Waals surface area contributed by atoms with Gasteiger partial charge in [-0.2, -0.15) is 0 Å². The van der Waals surface area contributed by atoms with E-state index in [1.54, 1.807) is 6.07 Å². The quantitative estimate of drug-likeness (QED) is 0.663. The average molecular weight is 272 g/mol. The van der Waals surface area contributed by atoms with Crippen molar-refractivity contribution in [2.75, 3.05) is 16.8 Å². The number of nitrogen functional groups attached to an aromatic ring is 1. The maximum atomic E-state index is 11.9. The lowest BCUT2D eigenvalue weighted by Crippen LogP contribution is -2.15. The van der Waals surface area contributed by atoms with Crippen LogP contribution < -0.4 is 11.1 Å². The molecule has 0 heterocycles. The fourth-order valence-electron chi connectivity index (χ4n) is 1.63. The predicted octanol–water partition coefficient (Wildman–Crippen LogP) is 3.31. The summed E-state index contributed by atoms with van der Waals surface area (Å²) in [5.41, 5.74) is 8.14. The van der Waals surface area contributed by atoms with Crippen molar-refractivity contribution in [1.82, 2.24) is 0 Å². The number of anilines is 2. The first-order valence-corrected chi connectivity index (χ1v) is 6.97. The maximum absolute atomic E-state index is 11.9. The van der Waals surface area contributed by atoms with Gasteiger partial charge in [0.1, 0.15) is 0 Å². The average Bonchev–Trinajstić information content (AvgIpc) is 2.42.